The SMILES string of the molecule is Cc1c(C(=O)Nc2cn[nH]c2)cccc1[N+](=O)[O-]. The molecule has 7 heteroatoms. The van der Waals surface area contributed by atoms with E-state index in [1.54, 1.807) is 6.92 Å². The van der Waals surface area contributed by atoms with Crippen molar-refractivity contribution in [3.63, 3.8) is 0 Å². The number of aromatic nitrogens is 2. The van der Waals surface area contributed by atoms with Crippen molar-refractivity contribution in [2.75, 3.05) is 5.32 Å². The van der Waals surface area contributed by atoms with Gasteiger partial charge >= 0.3 is 0 Å². The second-order valence-corrected chi connectivity index (χ2v) is 3.65. The molecule has 2 rings (SSSR count). The predicted octanol–water partition coefficient (Wildman–Crippen LogP) is 1.88. The van der Waals surface area contributed by atoms with Gasteiger partial charge in [0.1, 0.15) is 0 Å². The van der Waals surface area contributed by atoms with Gasteiger partial charge in [-0.25, -0.2) is 0 Å². The highest BCUT2D eigenvalue weighted by molar-refractivity contribution is 6.05. The van der Waals surface area contributed by atoms with E-state index in [0.29, 0.717) is 11.3 Å². The van der Waals surface area contributed by atoms with Crippen LogP contribution in [0.15, 0.2) is 30.6 Å². The Morgan fingerprint density at radius 1 is 1.50 bits per heavy atom. The molecule has 0 fully saturated rings. The molecule has 0 aliphatic heterocycles. The Morgan fingerprint density at radius 2 is 2.28 bits per heavy atom. The Kier molecular flexibility index (Phi) is 3.05. The fourth-order valence-electron chi connectivity index (χ4n) is 1.58. The number of amides is 1. The molecule has 0 spiro atoms. The van der Waals surface area contributed by atoms with Gasteiger partial charge in [0.05, 0.1) is 16.8 Å². The molecule has 1 amide bonds. The van der Waals surface area contributed by atoms with E-state index in [1.807, 2.05) is 0 Å². The molecule has 18 heavy (non-hydrogen) atoms. The lowest BCUT2D eigenvalue weighted by Gasteiger charge is -2.05. The summed E-state index contributed by atoms with van der Waals surface area (Å²) in [4.78, 5) is 22.2. The average Bonchev–Trinajstić information content (AvgIpc) is 2.81. The maximum Gasteiger partial charge on any atom is 0.273 e. The normalized spacial score (nSPS) is 10.1. The van der Waals surface area contributed by atoms with Crippen LogP contribution in [0.1, 0.15) is 15.9 Å². The maximum absolute atomic E-state index is 11.9. The molecule has 1 aromatic carbocycles. The summed E-state index contributed by atoms with van der Waals surface area (Å²) in [6.45, 7) is 1.54. The summed E-state index contributed by atoms with van der Waals surface area (Å²) in [5.74, 6) is -0.405. The van der Waals surface area contributed by atoms with Gasteiger partial charge in [-0.1, -0.05) is 6.07 Å². The summed E-state index contributed by atoms with van der Waals surface area (Å²) in [7, 11) is 0. The monoisotopic (exact) mass is 246 g/mol. The number of rotatable bonds is 3. The Bertz CT molecular complexity index is 592. The third-order valence-corrected chi connectivity index (χ3v) is 2.50. The first-order valence-corrected chi connectivity index (χ1v) is 5.13. The molecule has 0 unspecified atom stereocenters. The minimum absolute atomic E-state index is 0.0742. The Labute approximate surface area is 102 Å². The smallest absolute Gasteiger partial charge is 0.273 e. The van der Waals surface area contributed by atoms with Crippen LogP contribution in [0.4, 0.5) is 11.4 Å². The molecule has 0 radical (unpaired) electrons. The molecule has 0 bridgehead atoms. The minimum atomic E-state index is -0.510. The summed E-state index contributed by atoms with van der Waals surface area (Å²) < 4.78 is 0. The number of carbonyl (C=O) groups excluding carboxylic acids is 1. The lowest BCUT2D eigenvalue weighted by molar-refractivity contribution is -0.385. The highest BCUT2D eigenvalue weighted by Crippen LogP contribution is 2.21. The number of aromatic amines is 1. The highest BCUT2D eigenvalue weighted by Gasteiger charge is 2.17. The van der Waals surface area contributed by atoms with Crippen LogP contribution in [0.25, 0.3) is 0 Å². The van der Waals surface area contributed by atoms with Crippen molar-refractivity contribution in [3.8, 4) is 0 Å². The fourth-order valence-corrected chi connectivity index (χ4v) is 1.58. The Morgan fingerprint density at radius 3 is 2.89 bits per heavy atom. The maximum atomic E-state index is 11.9. The van der Waals surface area contributed by atoms with Crippen LogP contribution in [-0.2, 0) is 0 Å². The minimum Gasteiger partial charge on any atom is -0.319 e. The zero-order chi connectivity index (χ0) is 13.1. The van der Waals surface area contributed by atoms with Gasteiger partial charge in [-0.3, -0.25) is 20.0 Å². The average molecular weight is 246 g/mol. The van der Waals surface area contributed by atoms with Crippen molar-refractivity contribution in [1.82, 2.24) is 10.2 Å². The van der Waals surface area contributed by atoms with E-state index in [-0.39, 0.29) is 11.3 Å². The van der Waals surface area contributed by atoms with Crippen LogP contribution in [-0.4, -0.2) is 21.0 Å². The van der Waals surface area contributed by atoms with Crippen molar-refractivity contribution < 1.29 is 9.72 Å². The Hall–Kier alpha value is -2.70. The third kappa shape index (κ3) is 2.19. The van der Waals surface area contributed by atoms with Gasteiger partial charge in [0.2, 0.25) is 0 Å². The molecule has 1 heterocycles. The topological polar surface area (TPSA) is 101 Å². The van der Waals surface area contributed by atoms with Gasteiger partial charge in [-0.2, -0.15) is 5.10 Å². The fraction of sp³-hybridized carbons (Fsp3) is 0.0909. The summed E-state index contributed by atoms with van der Waals surface area (Å²) in [6, 6.07) is 4.39. The number of nitro groups is 1. The number of carbonyl (C=O) groups is 1. The predicted molar refractivity (Wildman–Crippen MR) is 64.4 cm³/mol. The van der Waals surface area contributed by atoms with E-state index in [2.05, 4.69) is 15.5 Å². The lowest BCUT2D eigenvalue weighted by atomic mass is 10.1. The van der Waals surface area contributed by atoms with E-state index < -0.39 is 10.8 Å². The zero-order valence-electron chi connectivity index (χ0n) is 9.51. The number of nitro benzene ring substituents is 1. The molecule has 1 aromatic heterocycles. The molecule has 2 aromatic rings. The summed E-state index contributed by atoms with van der Waals surface area (Å²) in [5, 5.41) is 19.6. The molecule has 0 atom stereocenters. The number of hydrogen-bond donors (Lipinski definition) is 2. The number of nitrogens with one attached hydrogen (secondary N) is 2. The summed E-state index contributed by atoms with van der Waals surface area (Å²) in [6.07, 6.45) is 2.97. The van der Waals surface area contributed by atoms with E-state index in [4.69, 9.17) is 0 Å². The van der Waals surface area contributed by atoms with Gasteiger partial charge in [0, 0.05) is 23.4 Å². The molecule has 92 valence electrons. The number of benzene rings is 1. The first-order chi connectivity index (χ1) is 8.59. The number of H-pyrrole nitrogens is 1. The van der Waals surface area contributed by atoms with Gasteiger partial charge in [0.25, 0.3) is 11.6 Å². The van der Waals surface area contributed by atoms with Gasteiger partial charge in [-0.05, 0) is 13.0 Å². The van der Waals surface area contributed by atoms with E-state index in [1.165, 1.54) is 30.6 Å². The highest BCUT2D eigenvalue weighted by atomic mass is 16.6. The van der Waals surface area contributed by atoms with Crippen molar-refractivity contribution in [3.05, 3.63) is 51.8 Å². The van der Waals surface area contributed by atoms with Crippen LogP contribution in [0.2, 0.25) is 0 Å². The summed E-state index contributed by atoms with van der Waals surface area (Å²) in [5.41, 5.74) is 1.04. The second kappa shape index (κ2) is 4.66. The molecule has 0 aliphatic rings. The van der Waals surface area contributed by atoms with Gasteiger partial charge < -0.3 is 5.32 Å². The molecular weight excluding hydrogens is 236 g/mol. The summed E-state index contributed by atoms with van der Waals surface area (Å²) >= 11 is 0. The molecular formula is C11H10N4O3. The largest absolute Gasteiger partial charge is 0.319 e. The molecule has 0 saturated carbocycles. The third-order valence-electron chi connectivity index (χ3n) is 2.50. The lowest BCUT2D eigenvalue weighted by Crippen LogP contribution is -2.13. The standard InChI is InChI=1S/C11H10N4O3/c1-7-9(3-2-4-10(7)15(17)18)11(16)14-8-5-12-13-6-8/h2-6H,1H3,(H,12,13)(H,14,16). The number of hydrogen-bond acceptors (Lipinski definition) is 4. The van der Waals surface area contributed by atoms with Crippen LogP contribution in [0.5, 0.6) is 0 Å². The Balaban J connectivity index is 2.31. The van der Waals surface area contributed by atoms with Crippen LogP contribution in [0.3, 0.4) is 0 Å². The number of nitrogens with zero attached hydrogens (tertiary/aromatic N) is 2. The van der Waals surface area contributed by atoms with Crippen molar-refractivity contribution >= 4 is 17.3 Å². The van der Waals surface area contributed by atoms with E-state index >= 15 is 0 Å². The van der Waals surface area contributed by atoms with E-state index in [9.17, 15) is 14.9 Å². The van der Waals surface area contributed by atoms with Gasteiger partial charge in [0.15, 0.2) is 0 Å². The molecule has 0 aliphatic carbocycles. The van der Waals surface area contributed by atoms with Crippen LogP contribution < -0.4 is 5.32 Å². The van der Waals surface area contributed by atoms with E-state index in [0.717, 1.165) is 0 Å². The molecule has 0 saturated heterocycles. The quantitative estimate of drug-likeness (QED) is 0.637. The van der Waals surface area contributed by atoms with Gasteiger partial charge in [-0.15, -0.1) is 0 Å². The van der Waals surface area contributed by atoms with Crippen LogP contribution >= 0.6 is 0 Å². The number of anilines is 1. The first-order valence-electron chi connectivity index (χ1n) is 5.13. The molecule has 7 nitrogen and oxygen atoms in total. The zero-order valence-corrected chi connectivity index (χ0v) is 9.51. The first kappa shape index (κ1) is 11.8. The second-order valence-electron chi connectivity index (χ2n) is 3.65. The van der Waals surface area contributed by atoms with Crippen LogP contribution in [0, 0.1) is 17.0 Å². The van der Waals surface area contributed by atoms with Crippen molar-refractivity contribution in [2.24, 2.45) is 0 Å². The van der Waals surface area contributed by atoms with Crippen molar-refractivity contribution in [2.45, 2.75) is 6.92 Å². The van der Waals surface area contributed by atoms with Crippen molar-refractivity contribution in [1.29, 1.82) is 0 Å². The molecule has 2 N–H and O–H groups in total.